The summed E-state index contributed by atoms with van der Waals surface area (Å²) in [7, 11) is -3.41. The van der Waals surface area contributed by atoms with Gasteiger partial charge in [-0.2, -0.15) is 0 Å². The Kier molecular flexibility index (Phi) is 7.14. The van der Waals surface area contributed by atoms with Gasteiger partial charge in [0.05, 0.1) is 17.1 Å². The fourth-order valence-electron chi connectivity index (χ4n) is 5.20. The molecule has 4 aromatic rings. The molecule has 1 heterocycles. The minimum atomic E-state index is -3.41. The number of hydrogen-bond donors (Lipinski definition) is 0. The van der Waals surface area contributed by atoms with E-state index in [-0.39, 0.29) is 30.0 Å². The quantitative estimate of drug-likeness (QED) is 0.290. The lowest BCUT2D eigenvalue weighted by molar-refractivity contribution is 0.0725. The van der Waals surface area contributed by atoms with Gasteiger partial charge in [0.15, 0.2) is 21.5 Å². The number of aromatic nitrogens is 3. The van der Waals surface area contributed by atoms with Crippen LogP contribution in [0.15, 0.2) is 77.7 Å². The van der Waals surface area contributed by atoms with Gasteiger partial charge in [-0.1, -0.05) is 30.3 Å². The van der Waals surface area contributed by atoms with Crippen molar-refractivity contribution in [3.05, 3.63) is 101 Å². The molecular weight excluding hydrogens is 524 g/mol. The van der Waals surface area contributed by atoms with Crippen molar-refractivity contribution in [1.82, 2.24) is 19.7 Å². The van der Waals surface area contributed by atoms with Crippen LogP contribution in [0.2, 0.25) is 0 Å². The molecule has 0 saturated heterocycles. The predicted molar refractivity (Wildman–Crippen MR) is 151 cm³/mol. The van der Waals surface area contributed by atoms with Crippen molar-refractivity contribution in [2.24, 2.45) is 0 Å². The number of hydrogen-bond acceptors (Lipinski definition) is 6. The minimum Gasteiger partial charge on any atom is -0.486 e. The number of benzene rings is 3. The molecule has 1 amide bonds. The Morgan fingerprint density at radius 3 is 2.50 bits per heavy atom. The van der Waals surface area contributed by atoms with Gasteiger partial charge >= 0.3 is 0 Å². The largest absolute Gasteiger partial charge is 0.486 e. The molecule has 0 unspecified atom stereocenters. The Morgan fingerprint density at radius 1 is 0.975 bits per heavy atom. The zero-order valence-electron chi connectivity index (χ0n) is 22.5. The zero-order chi connectivity index (χ0) is 27.7. The Balaban J connectivity index is 1.31. The number of rotatable bonds is 9. The zero-order valence-corrected chi connectivity index (χ0v) is 23.3. The van der Waals surface area contributed by atoms with Crippen LogP contribution in [0.3, 0.4) is 0 Å². The molecule has 1 fully saturated rings. The third-order valence-corrected chi connectivity index (χ3v) is 8.59. The SMILES string of the molecule is CS(=O)(=O)c1cccc(-n2nc(CN(C(=O)c3ccccc3)C3CC3)nc2COc2ccc3c(c2)CCCC3)c1. The molecular formula is C31H32N4O4S. The molecule has 0 bridgehead atoms. The molecule has 0 radical (unpaired) electrons. The molecule has 1 saturated carbocycles. The van der Waals surface area contributed by atoms with Crippen LogP contribution in [-0.2, 0) is 35.8 Å². The first-order valence-electron chi connectivity index (χ1n) is 13.7. The van der Waals surface area contributed by atoms with E-state index in [0.717, 1.165) is 31.4 Å². The van der Waals surface area contributed by atoms with E-state index in [4.69, 9.17) is 14.8 Å². The van der Waals surface area contributed by atoms with E-state index in [1.165, 1.54) is 30.2 Å². The minimum absolute atomic E-state index is 0.0506. The van der Waals surface area contributed by atoms with Crippen LogP contribution in [-0.4, -0.2) is 46.3 Å². The lowest BCUT2D eigenvalue weighted by atomic mass is 9.92. The molecule has 0 N–H and O–H groups in total. The highest BCUT2D eigenvalue weighted by atomic mass is 32.2. The Labute approximate surface area is 234 Å². The summed E-state index contributed by atoms with van der Waals surface area (Å²) in [5.74, 6) is 1.72. The average molecular weight is 557 g/mol. The van der Waals surface area contributed by atoms with Gasteiger partial charge in [-0.3, -0.25) is 4.79 Å². The molecule has 2 aliphatic carbocycles. The van der Waals surface area contributed by atoms with E-state index in [9.17, 15) is 13.2 Å². The van der Waals surface area contributed by atoms with Crippen molar-refractivity contribution in [2.45, 2.75) is 62.6 Å². The van der Waals surface area contributed by atoms with E-state index < -0.39 is 9.84 Å². The van der Waals surface area contributed by atoms with Gasteiger partial charge in [-0.15, -0.1) is 5.10 Å². The topological polar surface area (TPSA) is 94.4 Å². The second-order valence-corrected chi connectivity index (χ2v) is 12.6. The monoisotopic (exact) mass is 556 g/mol. The summed E-state index contributed by atoms with van der Waals surface area (Å²) >= 11 is 0. The van der Waals surface area contributed by atoms with Crippen LogP contribution in [0.25, 0.3) is 5.69 Å². The van der Waals surface area contributed by atoms with Crippen molar-refractivity contribution in [3.8, 4) is 11.4 Å². The fourth-order valence-corrected chi connectivity index (χ4v) is 5.86. The molecule has 3 aromatic carbocycles. The second kappa shape index (κ2) is 10.9. The van der Waals surface area contributed by atoms with Crippen molar-refractivity contribution < 1.29 is 17.9 Å². The smallest absolute Gasteiger partial charge is 0.254 e. The van der Waals surface area contributed by atoms with Crippen LogP contribution in [0.5, 0.6) is 5.75 Å². The van der Waals surface area contributed by atoms with E-state index in [2.05, 4.69) is 12.1 Å². The third-order valence-electron chi connectivity index (χ3n) is 7.48. The summed E-state index contributed by atoms with van der Waals surface area (Å²) in [6, 6.07) is 22.3. The van der Waals surface area contributed by atoms with E-state index >= 15 is 0 Å². The predicted octanol–water partition coefficient (Wildman–Crippen LogP) is 4.93. The van der Waals surface area contributed by atoms with Crippen molar-refractivity contribution in [3.63, 3.8) is 0 Å². The number of aryl methyl sites for hydroxylation is 2. The van der Waals surface area contributed by atoms with E-state index in [1.807, 2.05) is 41.3 Å². The Bertz CT molecular complexity index is 1650. The highest BCUT2D eigenvalue weighted by Gasteiger charge is 2.34. The molecule has 8 nitrogen and oxygen atoms in total. The summed E-state index contributed by atoms with van der Waals surface area (Å²) in [4.78, 5) is 20.2. The summed E-state index contributed by atoms with van der Waals surface area (Å²) in [5.41, 5.74) is 3.90. The summed E-state index contributed by atoms with van der Waals surface area (Å²) in [6.45, 7) is 0.397. The molecule has 6 rings (SSSR count). The molecule has 9 heteroatoms. The molecule has 0 aliphatic heterocycles. The van der Waals surface area contributed by atoms with Crippen molar-refractivity contribution in [2.75, 3.05) is 6.26 Å². The first-order chi connectivity index (χ1) is 19.3. The normalized spacial score (nSPS) is 14.9. The second-order valence-electron chi connectivity index (χ2n) is 10.6. The number of carbonyl (C=O) groups is 1. The van der Waals surface area contributed by atoms with Gasteiger partial charge in [0.1, 0.15) is 12.4 Å². The number of sulfone groups is 1. The molecule has 0 atom stereocenters. The van der Waals surface area contributed by atoms with Crippen LogP contribution < -0.4 is 4.74 Å². The van der Waals surface area contributed by atoms with Gasteiger partial charge in [0, 0.05) is 17.9 Å². The Morgan fingerprint density at radius 2 is 1.75 bits per heavy atom. The summed E-state index contributed by atoms with van der Waals surface area (Å²) < 4.78 is 32.3. The number of ether oxygens (including phenoxy) is 1. The maximum absolute atomic E-state index is 13.3. The molecule has 1 aromatic heterocycles. The van der Waals surface area contributed by atoms with Crippen LogP contribution in [0.1, 0.15) is 58.8 Å². The van der Waals surface area contributed by atoms with E-state index in [0.29, 0.717) is 22.9 Å². The fraction of sp³-hybridized carbons (Fsp3) is 0.323. The number of amides is 1. The average Bonchev–Trinajstić information content (AvgIpc) is 3.74. The van der Waals surface area contributed by atoms with Crippen LogP contribution in [0, 0.1) is 0 Å². The molecule has 2 aliphatic rings. The summed E-state index contributed by atoms with van der Waals surface area (Å²) in [6.07, 6.45) is 7.64. The highest BCUT2D eigenvalue weighted by molar-refractivity contribution is 7.90. The van der Waals surface area contributed by atoms with Gasteiger partial charge in [0.25, 0.3) is 5.91 Å². The lowest BCUT2D eigenvalue weighted by Crippen LogP contribution is -2.33. The van der Waals surface area contributed by atoms with Crippen LogP contribution in [0.4, 0.5) is 0 Å². The standard InChI is InChI=1S/C31H32N4O4S/c1-40(37,38)28-13-7-12-26(19-28)35-30(21-39-27-17-14-22-8-5-6-11-24(22)18-27)32-29(33-35)20-34(25-15-16-25)31(36)23-9-3-2-4-10-23/h2-4,7,9-10,12-14,17-19,25H,5-6,8,11,15-16,20-21H2,1H3. The van der Waals surface area contributed by atoms with Crippen LogP contribution >= 0.6 is 0 Å². The molecule has 206 valence electrons. The number of carbonyl (C=O) groups excluding carboxylic acids is 1. The highest BCUT2D eigenvalue weighted by Crippen LogP contribution is 2.30. The molecule has 0 spiro atoms. The number of fused-ring (bicyclic) bond motifs is 1. The maximum Gasteiger partial charge on any atom is 0.254 e. The first kappa shape index (κ1) is 26.3. The van der Waals surface area contributed by atoms with Gasteiger partial charge in [-0.05, 0) is 92.1 Å². The Hall–Kier alpha value is -3.98. The van der Waals surface area contributed by atoms with Crippen molar-refractivity contribution in [1.29, 1.82) is 0 Å². The van der Waals surface area contributed by atoms with Gasteiger partial charge in [0.2, 0.25) is 0 Å². The number of nitrogens with zero attached hydrogens (tertiary/aromatic N) is 4. The third kappa shape index (κ3) is 5.79. The van der Waals surface area contributed by atoms with Gasteiger partial charge in [-0.25, -0.2) is 18.1 Å². The van der Waals surface area contributed by atoms with Gasteiger partial charge < -0.3 is 9.64 Å². The molecule has 40 heavy (non-hydrogen) atoms. The maximum atomic E-state index is 13.3. The first-order valence-corrected chi connectivity index (χ1v) is 15.6. The van der Waals surface area contributed by atoms with E-state index in [1.54, 1.807) is 28.9 Å². The summed E-state index contributed by atoms with van der Waals surface area (Å²) in [5, 5.41) is 4.75. The lowest BCUT2D eigenvalue weighted by Gasteiger charge is -2.21. The van der Waals surface area contributed by atoms with Crippen molar-refractivity contribution >= 4 is 15.7 Å².